The molecule has 0 aliphatic carbocycles. The van der Waals surface area contributed by atoms with Crippen molar-refractivity contribution in [3.63, 3.8) is 0 Å². The van der Waals surface area contributed by atoms with Crippen LogP contribution in [-0.2, 0) is 4.57 Å². The van der Waals surface area contributed by atoms with Crippen LogP contribution in [0, 0.1) is 0 Å². The van der Waals surface area contributed by atoms with Crippen LogP contribution in [0.4, 0.5) is 4.79 Å². The number of hydrogen-bond donors (Lipinski definition) is 4. The molecule has 0 bridgehead atoms. The van der Waals surface area contributed by atoms with Gasteiger partial charge in [-0.1, -0.05) is 0 Å². The molecule has 0 heterocycles. The van der Waals surface area contributed by atoms with Crippen molar-refractivity contribution in [1.29, 1.82) is 0 Å². The molecule has 0 unspecified atom stereocenters. The van der Waals surface area contributed by atoms with E-state index in [0.717, 1.165) is 0 Å². The highest BCUT2D eigenvalue weighted by Crippen LogP contribution is 1.98. The van der Waals surface area contributed by atoms with Gasteiger partial charge < -0.3 is 10.8 Å². The molecule has 0 saturated heterocycles. The van der Waals surface area contributed by atoms with Crippen molar-refractivity contribution in [3.8, 4) is 0 Å². The van der Waals surface area contributed by atoms with Gasteiger partial charge in [0.05, 0.1) is 0 Å². The standard InChI is InChI=1S/CH3NO2.HO3P/c2-1(3)4;1-4(2)3/h2H2,(H,3,4);(H-,1,2,3)/p+1. The first-order chi connectivity index (χ1) is 3.46. The number of carboxylic acid groups (broad SMARTS) is 1. The first-order valence-electron chi connectivity index (χ1n) is 1.30. The van der Waals surface area contributed by atoms with Crippen LogP contribution >= 0.6 is 8.25 Å². The molecule has 0 rings (SSSR count). The van der Waals surface area contributed by atoms with Gasteiger partial charge in [-0.15, -0.1) is 9.79 Å². The van der Waals surface area contributed by atoms with Crippen LogP contribution in [0.2, 0.25) is 0 Å². The lowest BCUT2D eigenvalue weighted by molar-refractivity contribution is 0.205. The molecule has 0 saturated carbocycles. The van der Waals surface area contributed by atoms with Gasteiger partial charge in [-0.05, 0) is 0 Å². The Kier molecular flexibility index (Phi) is 8.10. The van der Waals surface area contributed by atoms with Crippen LogP contribution < -0.4 is 5.73 Å². The average molecular weight is 142 g/mol. The first kappa shape index (κ1) is 10.3. The minimum Gasteiger partial charge on any atom is -0.465 e. The molecule has 0 aromatic heterocycles. The van der Waals surface area contributed by atoms with Crippen LogP contribution in [0.5, 0.6) is 0 Å². The molecule has 0 aromatic carbocycles. The molecule has 0 fully saturated rings. The Balaban J connectivity index is 0. The summed E-state index contributed by atoms with van der Waals surface area (Å²) in [7, 11) is -2.87. The molecule has 0 aromatic rings. The number of amides is 1. The fourth-order valence-corrected chi connectivity index (χ4v) is 0. The third kappa shape index (κ3) is 193. The third-order valence-corrected chi connectivity index (χ3v) is 0. The van der Waals surface area contributed by atoms with Crippen molar-refractivity contribution in [1.82, 2.24) is 0 Å². The molecular weight excluding hydrogens is 137 g/mol. The molecule has 0 radical (unpaired) electrons. The van der Waals surface area contributed by atoms with Crippen LogP contribution in [0.1, 0.15) is 0 Å². The van der Waals surface area contributed by atoms with E-state index in [2.05, 4.69) is 5.73 Å². The number of primary amides is 1. The predicted octanol–water partition coefficient (Wildman–Crippen LogP) is -0.749. The normalized spacial score (nSPS) is 6.25. The molecular formula is CH5NO5P+. The smallest absolute Gasteiger partial charge is 0.465 e. The Bertz CT molecular complexity index is 70.4. The Hall–Kier alpha value is -0.710. The number of rotatable bonds is 0. The highest BCUT2D eigenvalue weighted by Gasteiger charge is 1.93. The van der Waals surface area contributed by atoms with Crippen molar-refractivity contribution in [2.75, 3.05) is 0 Å². The van der Waals surface area contributed by atoms with Gasteiger partial charge in [-0.2, -0.15) is 0 Å². The fourth-order valence-electron chi connectivity index (χ4n) is 0. The van der Waals surface area contributed by atoms with Gasteiger partial charge >= 0.3 is 14.3 Å². The second-order valence-corrected chi connectivity index (χ2v) is 1.10. The maximum absolute atomic E-state index is 8.78. The molecule has 1 amide bonds. The third-order valence-electron chi connectivity index (χ3n) is 0. The average Bonchev–Trinajstić information content (AvgIpc) is 1.25. The highest BCUT2D eigenvalue weighted by atomic mass is 31.1. The molecule has 0 aliphatic rings. The minimum absolute atomic E-state index is 1.33. The summed E-state index contributed by atoms with van der Waals surface area (Å²) in [4.78, 5) is 23.0. The maximum atomic E-state index is 8.78. The molecule has 0 aliphatic heterocycles. The summed E-state index contributed by atoms with van der Waals surface area (Å²) < 4.78 is 8.70. The molecule has 6 nitrogen and oxygen atoms in total. The van der Waals surface area contributed by atoms with E-state index < -0.39 is 14.3 Å². The second kappa shape index (κ2) is 6.29. The molecule has 8 heavy (non-hydrogen) atoms. The zero-order valence-corrected chi connectivity index (χ0v) is 4.58. The fraction of sp³-hybridized carbons (Fsp3) is 0. The SMILES string of the molecule is NC(=O)O.O=[P+](O)O. The molecule has 5 N–H and O–H groups in total. The summed E-state index contributed by atoms with van der Waals surface area (Å²) in [6, 6.07) is 0. The molecule has 0 atom stereocenters. The Morgan fingerprint density at radius 1 is 1.50 bits per heavy atom. The number of carbonyl (C=O) groups is 1. The second-order valence-electron chi connectivity index (χ2n) is 0.591. The lowest BCUT2D eigenvalue weighted by atomic mass is 11.3. The van der Waals surface area contributed by atoms with E-state index in [-0.39, 0.29) is 0 Å². The monoisotopic (exact) mass is 142 g/mol. The van der Waals surface area contributed by atoms with Crippen molar-refractivity contribution in [2.24, 2.45) is 5.73 Å². The molecule has 7 heteroatoms. The number of nitrogens with two attached hydrogens (primary N) is 1. The summed E-state index contributed by atoms with van der Waals surface area (Å²) in [6.07, 6.45) is -1.33. The van der Waals surface area contributed by atoms with E-state index in [1.54, 1.807) is 0 Å². The van der Waals surface area contributed by atoms with E-state index in [1.807, 2.05) is 0 Å². The largest absolute Gasteiger partial charge is 0.692 e. The van der Waals surface area contributed by atoms with Gasteiger partial charge in [0.2, 0.25) is 0 Å². The molecule has 48 valence electrons. The van der Waals surface area contributed by atoms with E-state index in [9.17, 15) is 0 Å². The van der Waals surface area contributed by atoms with Gasteiger partial charge in [-0.25, -0.2) is 4.79 Å². The van der Waals surface area contributed by atoms with Gasteiger partial charge in [-0.3, -0.25) is 0 Å². The van der Waals surface area contributed by atoms with Crippen molar-refractivity contribution in [2.45, 2.75) is 0 Å². The van der Waals surface area contributed by atoms with Crippen LogP contribution in [0.15, 0.2) is 0 Å². The Morgan fingerprint density at radius 3 is 1.50 bits per heavy atom. The van der Waals surface area contributed by atoms with E-state index in [4.69, 9.17) is 24.3 Å². The first-order valence-corrected chi connectivity index (χ1v) is 2.46. The summed E-state index contributed by atoms with van der Waals surface area (Å²) >= 11 is 0. The predicted molar refractivity (Wildman–Crippen MR) is 24.3 cm³/mol. The van der Waals surface area contributed by atoms with E-state index in [0.29, 0.717) is 0 Å². The Morgan fingerprint density at radius 2 is 1.50 bits per heavy atom. The van der Waals surface area contributed by atoms with Gasteiger partial charge in [0, 0.05) is 4.57 Å². The van der Waals surface area contributed by atoms with E-state index >= 15 is 0 Å². The topological polar surface area (TPSA) is 121 Å². The quantitative estimate of drug-likeness (QED) is 0.331. The zero-order valence-electron chi connectivity index (χ0n) is 3.68. The summed E-state index contributed by atoms with van der Waals surface area (Å²) in [6.45, 7) is 0. The summed E-state index contributed by atoms with van der Waals surface area (Å²) in [5.74, 6) is 0. The van der Waals surface area contributed by atoms with Crippen molar-refractivity contribution < 1.29 is 24.3 Å². The van der Waals surface area contributed by atoms with E-state index in [1.165, 1.54) is 0 Å². The lowest BCUT2D eigenvalue weighted by Gasteiger charge is -1.61. The minimum atomic E-state index is -2.87. The van der Waals surface area contributed by atoms with Gasteiger partial charge in [0.1, 0.15) is 0 Å². The summed E-state index contributed by atoms with van der Waals surface area (Å²) in [5, 5.41) is 7.19. The zero-order chi connectivity index (χ0) is 7.15. The van der Waals surface area contributed by atoms with Gasteiger partial charge in [0.25, 0.3) is 0 Å². The van der Waals surface area contributed by atoms with Gasteiger partial charge in [0.15, 0.2) is 0 Å². The van der Waals surface area contributed by atoms with Crippen LogP contribution in [0.3, 0.4) is 0 Å². The van der Waals surface area contributed by atoms with Crippen LogP contribution in [0.25, 0.3) is 0 Å². The Labute approximate surface area is 45.5 Å². The number of hydrogen-bond acceptors (Lipinski definition) is 2. The van der Waals surface area contributed by atoms with Crippen molar-refractivity contribution >= 4 is 14.3 Å². The molecule has 0 spiro atoms. The van der Waals surface area contributed by atoms with Crippen LogP contribution in [-0.4, -0.2) is 21.0 Å². The summed E-state index contributed by atoms with van der Waals surface area (Å²) in [5.41, 5.74) is 4.03. The maximum Gasteiger partial charge on any atom is 0.692 e. The lowest BCUT2D eigenvalue weighted by Crippen LogP contribution is -2.03. The highest BCUT2D eigenvalue weighted by molar-refractivity contribution is 7.30. The van der Waals surface area contributed by atoms with Crippen molar-refractivity contribution in [3.05, 3.63) is 0 Å².